The minimum absolute atomic E-state index is 0.110. The molecule has 2 rings (SSSR count). The molecule has 0 atom stereocenters. The number of hydrogen-bond acceptors (Lipinski definition) is 4. The lowest BCUT2D eigenvalue weighted by Crippen LogP contribution is -2.44. The average Bonchev–Trinajstić information content (AvgIpc) is 2.77. The first-order chi connectivity index (χ1) is 15.3. The van der Waals surface area contributed by atoms with Gasteiger partial charge in [-0.05, 0) is 61.4 Å². The molecular formula is C20H22Cl2N6O4. The van der Waals surface area contributed by atoms with Gasteiger partial charge in [0.15, 0.2) is 0 Å². The van der Waals surface area contributed by atoms with E-state index in [2.05, 4.69) is 32.3 Å². The fraction of sp³-hybridized carbons (Fsp3) is 0.200. The molecule has 0 heterocycles. The number of carbonyl (C=O) groups is 4. The summed E-state index contributed by atoms with van der Waals surface area (Å²) in [6.45, 7) is 0. The number of carbonyl (C=O) groups excluding carboxylic acids is 4. The number of nitrogens with one attached hydrogen (secondary N) is 6. The van der Waals surface area contributed by atoms with Crippen molar-refractivity contribution in [2.24, 2.45) is 0 Å². The van der Waals surface area contributed by atoms with Crippen LogP contribution in [0.1, 0.15) is 25.7 Å². The van der Waals surface area contributed by atoms with Crippen molar-refractivity contribution in [1.29, 1.82) is 0 Å². The van der Waals surface area contributed by atoms with Gasteiger partial charge in [-0.3, -0.25) is 20.4 Å². The Hall–Kier alpha value is -3.50. The van der Waals surface area contributed by atoms with Gasteiger partial charge in [-0.1, -0.05) is 23.2 Å². The Morgan fingerprint density at radius 1 is 0.562 bits per heavy atom. The highest BCUT2D eigenvalue weighted by atomic mass is 35.5. The minimum atomic E-state index is -0.608. The van der Waals surface area contributed by atoms with Crippen LogP contribution in [0.5, 0.6) is 0 Å². The van der Waals surface area contributed by atoms with Crippen LogP contribution in [-0.2, 0) is 9.59 Å². The molecule has 0 radical (unpaired) electrons. The summed E-state index contributed by atoms with van der Waals surface area (Å²) < 4.78 is 0. The van der Waals surface area contributed by atoms with E-state index in [1.807, 2.05) is 0 Å². The van der Waals surface area contributed by atoms with Gasteiger partial charge < -0.3 is 10.6 Å². The van der Waals surface area contributed by atoms with E-state index in [1.54, 1.807) is 48.5 Å². The number of urea groups is 2. The zero-order valence-electron chi connectivity index (χ0n) is 16.8. The van der Waals surface area contributed by atoms with Crippen LogP contribution in [0.25, 0.3) is 0 Å². The second kappa shape index (κ2) is 13.0. The third-order valence-electron chi connectivity index (χ3n) is 3.89. The fourth-order valence-electron chi connectivity index (χ4n) is 2.34. The van der Waals surface area contributed by atoms with Gasteiger partial charge >= 0.3 is 12.1 Å². The fourth-order valence-corrected chi connectivity index (χ4v) is 2.59. The Bertz CT molecular complexity index is 861. The van der Waals surface area contributed by atoms with E-state index in [1.165, 1.54) is 0 Å². The molecule has 0 aliphatic rings. The molecule has 0 saturated carbocycles. The number of benzene rings is 2. The molecule has 170 valence electrons. The molecule has 10 nitrogen and oxygen atoms in total. The van der Waals surface area contributed by atoms with Crippen molar-refractivity contribution in [3.05, 3.63) is 58.6 Å². The Morgan fingerprint density at radius 3 is 1.25 bits per heavy atom. The molecule has 0 aliphatic heterocycles. The third-order valence-corrected chi connectivity index (χ3v) is 4.40. The smallest absolute Gasteiger partial charge is 0.307 e. The van der Waals surface area contributed by atoms with Gasteiger partial charge in [0, 0.05) is 34.3 Å². The van der Waals surface area contributed by atoms with Gasteiger partial charge in [-0.2, -0.15) is 0 Å². The van der Waals surface area contributed by atoms with Crippen molar-refractivity contribution < 1.29 is 19.2 Å². The maximum Gasteiger partial charge on any atom is 0.337 e. The van der Waals surface area contributed by atoms with Crippen molar-refractivity contribution in [2.45, 2.75) is 25.7 Å². The molecule has 32 heavy (non-hydrogen) atoms. The van der Waals surface area contributed by atoms with Gasteiger partial charge in [0.2, 0.25) is 11.8 Å². The maximum absolute atomic E-state index is 11.8. The van der Waals surface area contributed by atoms with E-state index in [4.69, 9.17) is 23.2 Å². The molecule has 0 unspecified atom stereocenters. The summed E-state index contributed by atoms with van der Waals surface area (Å²) in [4.78, 5) is 46.9. The molecular weight excluding hydrogens is 459 g/mol. The first-order valence-corrected chi connectivity index (χ1v) is 10.3. The van der Waals surface area contributed by atoms with Crippen molar-refractivity contribution in [2.75, 3.05) is 10.6 Å². The predicted molar refractivity (Wildman–Crippen MR) is 122 cm³/mol. The SMILES string of the molecule is O=C(CCCCC(=O)NNC(=O)Nc1ccc(Cl)cc1)NNC(=O)Nc1ccc(Cl)cc1. The summed E-state index contributed by atoms with van der Waals surface area (Å²) >= 11 is 11.5. The summed E-state index contributed by atoms with van der Waals surface area (Å²) in [5.41, 5.74) is 10.0. The molecule has 12 heteroatoms. The van der Waals surface area contributed by atoms with E-state index < -0.39 is 23.9 Å². The Balaban J connectivity index is 1.52. The highest BCUT2D eigenvalue weighted by Gasteiger charge is 2.08. The first-order valence-electron chi connectivity index (χ1n) is 9.54. The zero-order chi connectivity index (χ0) is 23.3. The molecule has 0 spiro atoms. The second-order valence-corrected chi connectivity index (χ2v) is 7.35. The Labute approximate surface area is 194 Å². The molecule has 0 aromatic heterocycles. The van der Waals surface area contributed by atoms with E-state index in [0.717, 1.165) is 0 Å². The largest absolute Gasteiger partial charge is 0.337 e. The van der Waals surface area contributed by atoms with E-state index in [0.29, 0.717) is 34.3 Å². The number of rotatable bonds is 7. The van der Waals surface area contributed by atoms with Gasteiger partial charge in [0.05, 0.1) is 0 Å². The van der Waals surface area contributed by atoms with Crippen LogP contribution in [0.4, 0.5) is 21.0 Å². The number of unbranched alkanes of at least 4 members (excludes halogenated alkanes) is 1. The highest BCUT2D eigenvalue weighted by Crippen LogP contribution is 2.13. The Kier molecular flexibility index (Phi) is 10.1. The standard InChI is InChI=1S/C20H22Cl2N6O4/c21-13-5-9-15(10-6-13)23-19(31)27-25-17(29)3-1-2-4-18(30)26-28-20(32)24-16-11-7-14(22)8-12-16/h5-12H,1-4H2,(H,25,29)(H,26,30)(H2,23,27,31)(H2,24,28,32). The maximum atomic E-state index is 11.8. The van der Waals surface area contributed by atoms with Crippen molar-refractivity contribution in [1.82, 2.24) is 21.7 Å². The lowest BCUT2D eigenvalue weighted by Gasteiger charge is -2.10. The lowest BCUT2D eigenvalue weighted by molar-refractivity contribution is -0.123. The molecule has 0 fully saturated rings. The molecule has 6 N–H and O–H groups in total. The zero-order valence-corrected chi connectivity index (χ0v) is 18.3. The summed E-state index contributed by atoms with van der Waals surface area (Å²) in [6.07, 6.45) is 1.05. The average molecular weight is 481 g/mol. The summed E-state index contributed by atoms with van der Waals surface area (Å²) in [5.74, 6) is -0.811. The second-order valence-electron chi connectivity index (χ2n) is 6.48. The predicted octanol–water partition coefficient (Wildman–Crippen LogP) is 3.56. The quantitative estimate of drug-likeness (QED) is 0.266. The number of anilines is 2. The van der Waals surface area contributed by atoms with Gasteiger partial charge in [-0.15, -0.1) is 0 Å². The summed E-state index contributed by atoms with van der Waals surface area (Å²) in [6, 6.07) is 11.7. The lowest BCUT2D eigenvalue weighted by atomic mass is 10.2. The number of halogens is 2. The van der Waals surface area contributed by atoms with Crippen LogP contribution in [0, 0.1) is 0 Å². The molecule has 0 aliphatic carbocycles. The van der Waals surface area contributed by atoms with E-state index in [9.17, 15) is 19.2 Å². The van der Waals surface area contributed by atoms with Gasteiger partial charge in [0.25, 0.3) is 0 Å². The highest BCUT2D eigenvalue weighted by molar-refractivity contribution is 6.31. The molecule has 6 amide bonds. The van der Waals surface area contributed by atoms with E-state index >= 15 is 0 Å². The topological polar surface area (TPSA) is 140 Å². The van der Waals surface area contributed by atoms with Crippen molar-refractivity contribution >= 4 is 58.5 Å². The van der Waals surface area contributed by atoms with Crippen LogP contribution in [0.15, 0.2) is 48.5 Å². The third kappa shape index (κ3) is 10.0. The first kappa shape index (κ1) is 24.8. The summed E-state index contributed by atoms with van der Waals surface area (Å²) in [5, 5.41) is 6.13. The Morgan fingerprint density at radius 2 is 0.906 bits per heavy atom. The summed E-state index contributed by atoms with van der Waals surface area (Å²) in [7, 11) is 0. The number of hydrogen-bond donors (Lipinski definition) is 6. The van der Waals surface area contributed by atoms with Crippen molar-refractivity contribution in [3.8, 4) is 0 Å². The van der Waals surface area contributed by atoms with Gasteiger partial charge in [0.1, 0.15) is 0 Å². The molecule has 2 aromatic rings. The molecule has 0 saturated heterocycles. The van der Waals surface area contributed by atoms with Crippen LogP contribution in [0.2, 0.25) is 10.0 Å². The number of hydrazine groups is 2. The van der Waals surface area contributed by atoms with Crippen LogP contribution in [0.3, 0.4) is 0 Å². The minimum Gasteiger partial charge on any atom is -0.307 e. The monoisotopic (exact) mass is 480 g/mol. The molecule has 2 aromatic carbocycles. The number of amides is 6. The van der Waals surface area contributed by atoms with E-state index in [-0.39, 0.29) is 12.8 Å². The molecule has 0 bridgehead atoms. The van der Waals surface area contributed by atoms with Crippen LogP contribution >= 0.6 is 23.2 Å². The van der Waals surface area contributed by atoms with Crippen LogP contribution in [-0.4, -0.2) is 23.9 Å². The van der Waals surface area contributed by atoms with Crippen LogP contribution < -0.4 is 32.3 Å². The van der Waals surface area contributed by atoms with Gasteiger partial charge in [-0.25, -0.2) is 20.4 Å². The normalized spacial score (nSPS) is 9.94. The van der Waals surface area contributed by atoms with Crippen molar-refractivity contribution in [3.63, 3.8) is 0 Å².